The molecule has 0 saturated carbocycles. The van der Waals surface area contributed by atoms with E-state index in [1.165, 1.54) is 24.4 Å². The Morgan fingerprint density at radius 2 is 2.24 bits per heavy atom. The lowest BCUT2D eigenvalue weighted by Gasteiger charge is -2.05. The van der Waals surface area contributed by atoms with E-state index in [-0.39, 0.29) is 11.4 Å². The van der Waals surface area contributed by atoms with Crippen LogP contribution >= 0.6 is 0 Å². The summed E-state index contributed by atoms with van der Waals surface area (Å²) in [4.78, 5) is 11.7. The van der Waals surface area contributed by atoms with Gasteiger partial charge in [0.1, 0.15) is 17.1 Å². The van der Waals surface area contributed by atoms with Crippen molar-refractivity contribution in [3.05, 3.63) is 41.5 Å². The quantitative estimate of drug-likeness (QED) is 0.779. The minimum atomic E-state index is -0.512. The van der Waals surface area contributed by atoms with Gasteiger partial charge in [-0.25, -0.2) is 4.39 Å². The largest absolute Gasteiger partial charge is 0.399 e. The Morgan fingerprint density at radius 3 is 2.82 bits per heavy atom. The van der Waals surface area contributed by atoms with E-state index in [0.717, 1.165) is 0 Å². The molecule has 0 unspecified atom stereocenters. The molecule has 1 aromatic carbocycles. The van der Waals surface area contributed by atoms with Crippen LogP contribution in [0.4, 0.5) is 15.8 Å². The second kappa shape index (κ2) is 4.25. The first-order valence-corrected chi connectivity index (χ1v) is 4.85. The third-order valence-electron chi connectivity index (χ3n) is 2.17. The van der Waals surface area contributed by atoms with E-state index in [9.17, 15) is 9.18 Å². The molecule has 0 fully saturated rings. The first kappa shape index (κ1) is 11.1. The number of carbonyl (C=O) groups is 1. The van der Waals surface area contributed by atoms with Crippen LogP contribution in [0.2, 0.25) is 0 Å². The van der Waals surface area contributed by atoms with Crippen LogP contribution in [0.25, 0.3) is 0 Å². The van der Waals surface area contributed by atoms with Crippen molar-refractivity contribution >= 4 is 17.3 Å². The molecule has 3 N–H and O–H groups in total. The summed E-state index contributed by atoms with van der Waals surface area (Å²) in [5.74, 6) is -0.539. The Bertz CT molecular complexity index is 545. The van der Waals surface area contributed by atoms with Crippen molar-refractivity contribution in [1.29, 1.82) is 0 Å². The van der Waals surface area contributed by atoms with E-state index >= 15 is 0 Å². The van der Waals surface area contributed by atoms with Gasteiger partial charge in [-0.2, -0.15) is 0 Å². The smallest absolute Gasteiger partial charge is 0.260 e. The fraction of sp³-hybridized carbons (Fsp3) is 0.0909. The van der Waals surface area contributed by atoms with Gasteiger partial charge in [-0.05, 0) is 25.1 Å². The van der Waals surface area contributed by atoms with Gasteiger partial charge in [-0.3, -0.25) is 4.79 Å². The molecule has 5 nitrogen and oxygen atoms in total. The predicted molar refractivity (Wildman–Crippen MR) is 60.0 cm³/mol. The highest BCUT2D eigenvalue weighted by atomic mass is 19.1. The second-order valence-corrected chi connectivity index (χ2v) is 3.52. The van der Waals surface area contributed by atoms with Crippen LogP contribution < -0.4 is 11.1 Å². The third-order valence-corrected chi connectivity index (χ3v) is 2.17. The highest BCUT2D eigenvalue weighted by Gasteiger charge is 2.13. The number of rotatable bonds is 2. The van der Waals surface area contributed by atoms with Crippen LogP contribution in [0.3, 0.4) is 0 Å². The maximum Gasteiger partial charge on any atom is 0.260 e. The van der Waals surface area contributed by atoms with Gasteiger partial charge in [0, 0.05) is 11.4 Å². The summed E-state index contributed by atoms with van der Waals surface area (Å²) in [6.07, 6.45) is 1.30. The monoisotopic (exact) mass is 235 g/mol. The molecule has 6 heteroatoms. The average Bonchev–Trinajstić information content (AvgIpc) is 2.62. The van der Waals surface area contributed by atoms with Crippen molar-refractivity contribution in [3.8, 4) is 0 Å². The number of nitrogen functional groups attached to an aromatic ring is 1. The van der Waals surface area contributed by atoms with Crippen molar-refractivity contribution in [2.24, 2.45) is 0 Å². The van der Waals surface area contributed by atoms with Gasteiger partial charge in [0.15, 0.2) is 0 Å². The van der Waals surface area contributed by atoms with Gasteiger partial charge in [0.2, 0.25) is 0 Å². The molecule has 0 saturated heterocycles. The van der Waals surface area contributed by atoms with E-state index in [2.05, 4.69) is 10.5 Å². The number of hydrogen-bond donors (Lipinski definition) is 2. The highest BCUT2D eigenvalue weighted by molar-refractivity contribution is 6.04. The van der Waals surface area contributed by atoms with Crippen LogP contribution in [0, 0.1) is 12.7 Å². The summed E-state index contributed by atoms with van der Waals surface area (Å²) in [5, 5.41) is 5.99. The molecule has 0 aliphatic carbocycles. The number of anilines is 2. The minimum Gasteiger partial charge on any atom is -0.399 e. The summed E-state index contributed by atoms with van der Waals surface area (Å²) in [6, 6.07) is 3.81. The zero-order valence-electron chi connectivity index (χ0n) is 9.03. The van der Waals surface area contributed by atoms with E-state index in [4.69, 9.17) is 10.3 Å². The molecule has 2 aromatic rings. The molecule has 1 heterocycles. The van der Waals surface area contributed by atoms with Crippen LogP contribution in [0.1, 0.15) is 16.1 Å². The number of nitrogens with two attached hydrogens (primary N) is 1. The number of amides is 1. The SMILES string of the molecule is Cc1oncc1C(=O)Nc1cc(N)cc(F)c1. The fourth-order valence-electron chi connectivity index (χ4n) is 1.40. The lowest BCUT2D eigenvalue weighted by atomic mass is 10.2. The maximum absolute atomic E-state index is 13.0. The Morgan fingerprint density at radius 1 is 1.47 bits per heavy atom. The van der Waals surface area contributed by atoms with Crippen molar-refractivity contribution in [3.63, 3.8) is 0 Å². The number of aryl methyl sites for hydroxylation is 1. The van der Waals surface area contributed by atoms with Gasteiger partial charge < -0.3 is 15.6 Å². The second-order valence-electron chi connectivity index (χ2n) is 3.52. The predicted octanol–water partition coefficient (Wildman–Crippen LogP) is 1.96. The molecule has 0 aliphatic rings. The summed E-state index contributed by atoms with van der Waals surface area (Å²) in [6.45, 7) is 1.61. The molecule has 2 rings (SSSR count). The molecule has 0 aliphatic heterocycles. The van der Waals surface area contributed by atoms with Crippen molar-refractivity contribution < 1.29 is 13.7 Å². The van der Waals surface area contributed by atoms with E-state index < -0.39 is 11.7 Å². The zero-order valence-corrected chi connectivity index (χ0v) is 9.03. The average molecular weight is 235 g/mol. The molecular formula is C11H10FN3O2. The van der Waals surface area contributed by atoms with Crippen LogP contribution in [-0.2, 0) is 0 Å². The number of halogens is 1. The summed E-state index contributed by atoms with van der Waals surface area (Å²) in [5.41, 5.74) is 6.28. The summed E-state index contributed by atoms with van der Waals surface area (Å²) in [7, 11) is 0. The minimum absolute atomic E-state index is 0.238. The van der Waals surface area contributed by atoms with Crippen molar-refractivity contribution in [2.45, 2.75) is 6.92 Å². The molecule has 0 atom stereocenters. The molecule has 0 spiro atoms. The van der Waals surface area contributed by atoms with Crippen LogP contribution in [0.15, 0.2) is 28.9 Å². The molecule has 88 valence electrons. The first-order chi connectivity index (χ1) is 8.06. The number of aromatic nitrogens is 1. The molecule has 1 aromatic heterocycles. The molecular weight excluding hydrogens is 225 g/mol. The lowest BCUT2D eigenvalue weighted by molar-refractivity contribution is 0.102. The number of carbonyl (C=O) groups excluding carboxylic acids is 1. The van der Waals surface area contributed by atoms with Gasteiger partial charge >= 0.3 is 0 Å². The summed E-state index contributed by atoms with van der Waals surface area (Å²) < 4.78 is 17.8. The fourth-order valence-corrected chi connectivity index (χ4v) is 1.40. The van der Waals surface area contributed by atoms with Crippen LogP contribution in [-0.4, -0.2) is 11.1 Å². The number of benzene rings is 1. The number of nitrogens with one attached hydrogen (secondary N) is 1. The third kappa shape index (κ3) is 2.41. The van der Waals surface area contributed by atoms with Gasteiger partial charge in [0.25, 0.3) is 5.91 Å². The van der Waals surface area contributed by atoms with Crippen LogP contribution in [0.5, 0.6) is 0 Å². The molecule has 0 bridgehead atoms. The maximum atomic E-state index is 13.0. The number of hydrogen-bond acceptors (Lipinski definition) is 4. The van der Waals surface area contributed by atoms with Gasteiger partial charge in [-0.1, -0.05) is 5.16 Å². The number of nitrogens with zero attached hydrogens (tertiary/aromatic N) is 1. The molecule has 17 heavy (non-hydrogen) atoms. The lowest BCUT2D eigenvalue weighted by Crippen LogP contribution is -2.12. The van der Waals surface area contributed by atoms with E-state index in [0.29, 0.717) is 11.3 Å². The zero-order chi connectivity index (χ0) is 12.4. The van der Waals surface area contributed by atoms with Crippen molar-refractivity contribution in [1.82, 2.24) is 5.16 Å². The normalized spacial score (nSPS) is 10.2. The standard InChI is InChI=1S/C11H10FN3O2/c1-6-10(5-14-17-6)11(16)15-9-3-7(12)2-8(13)4-9/h2-5H,13H2,1H3,(H,15,16). The van der Waals surface area contributed by atoms with Gasteiger partial charge in [0.05, 0.1) is 6.20 Å². The Labute approximate surface area is 96.4 Å². The summed E-state index contributed by atoms with van der Waals surface area (Å²) >= 11 is 0. The van der Waals surface area contributed by atoms with Gasteiger partial charge in [-0.15, -0.1) is 0 Å². The Balaban J connectivity index is 2.21. The topological polar surface area (TPSA) is 81.2 Å². The Kier molecular flexibility index (Phi) is 2.78. The molecule has 1 amide bonds. The molecule has 0 radical (unpaired) electrons. The van der Waals surface area contributed by atoms with E-state index in [1.54, 1.807) is 6.92 Å². The Hall–Kier alpha value is -2.37. The highest BCUT2D eigenvalue weighted by Crippen LogP contribution is 2.17. The first-order valence-electron chi connectivity index (χ1n) is 4.85. The van der Waals surface area contributed by atoms with E-state index in [1.807, 2.05) is 0 Å². The van der Waals surface area contributed by atoms with Crippen molar-refractivity contribution in [2.75, 3.05) is 11.1 Å².